The molecule has 4 heterocycles. The highest BCUT2D eigenvalue weighted by Gasteiger charge is 2.39. The van der Waals surface area contributed by atoms with E-state index >= 15 is 0 Å². The third-order valence-electron chi connectivity index (χ3n) is 6.27. The maximum absolute atomic E-state index is 12.8. The molecule has 5 heteroatoms. The van der Waals surface area contributed by atoms with Crippen molar-refractivity contribution in [1.82, 2.24) is 14.9 Å². The van der Waals surface area contributed by atoms with Crippen LogP contribution in [0.5, 0.6) is 0 Å². The number of nitrogens with zero attached hydrogens (tertiary/aromatic N) is 2. The quantitative estimate of drug-likeness (QED) is 0.544. The van der Waals surface area contributed by atoms with E-state index in [2.05, 4.69) is 52.4 Å². The Balaban J connectivity index is 1.41. The number of piperidine rings is 1. The van der Waals surface area contributed by atoms with Gasteiger partial charge in [0.05, 0.1) is 6.04 Å². The van der Waals surface area contributed by atoms with Crippen molar-refractivity contribution in [3.63, 3.8) is 0 Å². The molecule has 2 aromatic heterocycles. The Morgan fingerprint density at radius 1 is 1.10 bits per heavy atom. The van der Waals surface area contributed by atoms with Crippen LogP contribution < -0.4 is 0 Å². The molecule has 2 atom stereocenters. The van der Waals surface area contributed by atoms with Crippen LogP contribution >= 0.6 is 0 Å². The van der Waals surface area contributed by atoms with Gasteiger partial charge in [0.25, 0.3) is 0 Å². The number of H-pyrrole nitrogens is 1. The maximum Gasteiger partial charge on any atom is 0.411 e. The Bertz CT molecular complexity index is 1140. The summed E-state index contributed by atoms with van der Waals surface area (Å²) in [6, 6.07) is 13.3. The van der Waals surface area contributed by atoms with Crippen molar-refractivity contribution in [3.8, 4) is 11.1 Å². The summed E-state index contributed by atoms with van der Waals surface area (Å²) in [5, 5.41) is 1.13. The maximum atomic E-state index is 12.8. The second kappa shape index (κ2) is 7.56. The molecule has 2 unspecified atom stereocenters. The minimum absolute atomic E-state index is 0.122. The van der Waals surface area contributed by atoms with E-state index in [4.69, 9.17) is 4.74 Å². The molecule has 3 aromatic rings. The lowest BCUT2D eigenvalue weighted by Crippen LogP contribution is -2.53. The van der Waals surface area contributed by atoms with Gasteiger partial charge >= 0.3 is 6.09 Å². The number of pyridine rings is 1. The fourth-order valence-electron chi connectivity index (χ4n) is 4.92. The first-order chi connectivity index (χ1) is 14.9. The van der Waals surface area contributed by atoms with E-state index in [1.807, 2.05) is 38.1 Å². The molecule has 1 amide bonds. The van der Waals surface area contributed by atoms with Crippen LogP contribution in [0.25, 0.3) is 27.7 Å². The number of carbonyl (C=O) groups excluding carboxylic acids is 1. The molecule has 31 heavy (non-hydrogen) atoms. The van der Waals surface area contributed by atoms with E-state index < -0.39 is 5.60 Å². The number of rotatable bonds is 2. The summed E-state index contributed by atoms with van der Waals surface area (Å²) in [5.74, 6) is 0. The van der Waals surface area contributed by atoms with Crippen molar-refractivity contribution in [2.24, 2.45) is 0 Å². The number of amides is 1. The van der Waals surface area contributed by atoms with E-state index in [0.29, 0.717) is 0 Å². The molecule has 1 saturated heterocycles. The van der Waals surface area contributed by atoms with Crippen molar-refractivity contribution in [1.29, 1.82) is 0 Å². The predicted molar refractivity (Wildman–Crippen MR) is 124 cm³/mol. The number of nitrogens with one attached hydrogen (secondary N) is 1. The first-order valence-corrected chi connectivity index (χ1v) is 11.1. The Kier molecular flexibility index (Phi) is 4.84. The Hall–Kier alpha value is -3.08. The molecule has 2 bridgehead atoms. The average molecular weight is 416 g/mol. The number of carbonyl (C=O) groups is 1. The van der Waals surface area contributed by atoms with Crippen LogP contribution in [0, 0.1) is 0 Å². The summed E-state index contributed by atoms with van der Waals surface area (Å²) < 4.78 is 5.70. The van der Waals surface area contributed by atoms with Gasteiger partial charge in [0, 0.05) is 23.8 Å². The number of ether oxygens (including phenoxy) is 1. The van der Waals surface area contributed by atoms with Gasteiger partial charge in [-0.25, -0.2) is 9.78 Å². The van der Waals surface area contributed by atoms with Gasteiger partial charge in [0.2, 0.25) is 0 Å². The third kappa shape index (κ3) is 3.85. The number of hydrogen-bond acceptors (Lipinski definition) is 3. The highest BCUT2D eigenvalue weighted by molar-refractivity contribution is 5.93. The first kappa shape index (κ1) is 19.9. The minimum Gasteiger partial charge on any atom is -0.444 e. The highest BCUT2D eigenvalue weighted by Crippen LogP contribution is 2.38. The molecule has 1 N–H and O–H groups in total. The first-order valence-electron chi connectivity index (χ1n) is 11.1. The van der Waals surface area contributed by atoms with Crippen molar-refractivity contribution in [2.75, 3.05) is 0 Å². The fourth-order valence-corrected chi connectivity index (χ4v) is 4.92. The summed E-state index contributed by atoms with van der Waals surface area (Å²) in [6.07, 6.45) is 9.95. The van der Waals surface area contributed by atoms with Gasteiger partial charge in [-0.05, 0) is 80.9 Å². The van der Waals surface area contributed by atoms with Crippen LogP contribution in [0.1, 0.15) is 52.0 Å². The summed E-state index contributed by atoms with van der Waals surface area (Å²) in [4.78, 5) is 22.4. The van der Waals surface area contributed by atoms with E-state index in [1.54, 1.807) is 0 Å². The van der Waals surface area contributed by atoms with E-state index in [9.17, 15) is 4.79 Å². The van der Waals surface area contributed by atoms with Gasteiger partial charge in [-0.2, -0.15) is 0 Å². The lowest BCUT2D eigenvalue weighted by Gasteiger charge is -2.45. The topological polar surface area (TPSA) is 58.2 Å². The van der Waals surface area contributed by atoms with Gasteiger partial charge in [-0.1, -0.05) is 30.3 Å². The zero-order valence-corrected chi connectivity index (χ0v) is 18.4. The van der Waals surface area contributed by atoms with E-state index in [-0.39, 0.29) is 18.2 Å². The Morgan fingerprint density at radius 3 is 2.61 bits per heavy atom. The van der Waals surface area contributed by atoms with Crippen LogP contribution in [0.2, 0.25) is 0 Å². The van der Waals surface area contributed by atoms with Crippen LogP contribution in [0.3, 0.4) is 0 Å². The Morgan fingerprint density at radius 2 is 1.87 bits per heavy atom. The standard InChI is InChI=1S/C26H29N3O2/c1-26(2,3)31-25(30)29-20-5-4-6-21(29)16-19(15-20)17-7-9-18(10-8-17)22-11-13-27-24-23(22)12-14-28-24/h7-15,20-21H,4-6,16H2,1-3H3,(H,27,28). The largest absolute Gasteiger partial charge is 0.444 e. The van der Waals surface area contributed by atoms with Gasteiger partial charge in [0.1, 0.15) is 11.2 Å². The van der Waals surface area contributed by atoms with Gasteiger partial charge in [0.15, 0.2) is 0 Å². The molecule has 5 rings (SSSR count). The monoisotopic (exact) mass is 415 g/mol. The molecule has 160 valence electrons. The highest BCUT2D eigenvalue weighted by atomic mass is 16.6. The third-order valence-corrected chi connectivity index (χ3v) is 6.27. The zero-order valence-electron chi connectivity index (χ0n) is 18.4. The van der Waals surface area contributed by atoms with Crippen molar-refractivity contribution >= 4 is 22.7 Å². The molecule has 5 nitrogen and oxygen atoms in total. The van der Waals surface area contributed by atoms with E-state index in [1.165, 1.54) is 22.3 Å². The molecule has 0 radical (unpaired) electrons. The molecule has 0 spiro atoms. The predicted octanol–water partition coefficient (Wildman–Crippen LogP) is 6.18. The van der Waals surface area contributed by atoms with E-state index in [0.717, 1.165) is 36.7 Å². The van der Waals surface area contributed by atoms with Gasteiger partial charge in [-0.15, -0.1) is 0 Å². The molecular formula is C26H29N3O2. The molecule has 1 aromatic carbocycles. The number of benzene rings is 1. The van der Waals surface area contributed by atoms with Crippen molar-refractivity contribution in [2.45, 2.75) is 64.1 Å². The summed E-state index contributed by atoms with van der Waals surface area (Å²) in [6.45, 7) is 5.78. The zero-order chi connectivity index (χ0) is 21.6. The van der Waals surface area contributed by atoms with Crippen LogP contribution in [-0.2, 0) is 4.74 Å². The van der Waals surface area contributed by atoms with Gasteiger partial charge in [-0.3, -0.25) is 4.90 Å². The number of hydrogen-bond donors (Lipinski definition) is 1. The minimum atomic E-state index is -0.469. The average Bonchev–Trinajstić information content (AvgIpc) is 3.20. The molecule has 2 aliphatic heterocycles. The second-order valence-electron chi connectivity index (χ2n) is 9.61. The second-order valence-corrected chi connectivity index (χ2v) is 9.61. The summed E-state index contributed by atoms with van der Waals surface area (Å²) in [5.41, 5.74) is 5.38. The lowest BCUT2D eigenvalue weighted by atomic mass is 9.83. The molecule has 0 aliphatic carbocycles. The fraction of sp³-hybridized carbons (Fsp3) is 0.385. The molecule has 1 fully saturated rings. The number of fused-ring (bicyclic) bond motifs is 3. The summed E-state index contributed by atoms with van der Waals surface area (Å²) >= 11 is 0. The molecule has 0 saturated carbocycles. The summed E-state index contributed by atoms with van der Waals surface area (Å²) in [7, 11) is 0. The SMILES string of the molecule is CC(C)(C)OC(=O)N1C2C=C(c3ccc(-c4ccnc5[nH]ccc45)cc3)CC1CCC2. The van der Waals surface area contributed by atoms with Crippen molar-refractivity contribution in [3.05, 3.63) is 60.4 Å². The van der Waals surface area contributed by atoms with Crippen LogP contribution in [0.4, 0.5) is 4.79 Å². The molecule has 2 aliphatic rings. The number of aromatic amines is 1. The van der Waals surface area contributed by atoms with Crippen molar-refractivity contribution < 1.29 is 9.53 Å². The van der Waals surface area contributed by atoms with Gasteiger partial charge < -0.3 is 9.72 Å². The lowest BCUT2D eigenvalue weighted by molar-refractivity contribution is 0.0000848. The van der Waals surface area contributed by atoms with Crippen LogP contribution in [0.15, 0.2) is 54.9 Å². The van der Waals surface area contributed by atoms with Crippen LogP contribution in [-0.4, -0.2) is 38.6 Å². The normalized spacial score (nSPS) is 21.1. The number of aromatic nitrogens is 2. The smallest absolute Gasteiger partial charge is 0.411 e. The Labute approximate surface area is 183 Å². The molecular weight excluding hydrogens is 386 g/mol.